The van der Waals surface area contributed by atoms with Crippen molar-refractivity contribution in [2.75, 3.05) is 33.3 Å². The Morgan fingerprint density at radius 3 is 2.62 bits per heavy atom. The lowest BCUT2D eigenvalue weighted by atomic mass is 9.98. The van der Waals surface area contributed by atoms with Gasteiger partial charge >= 0.3 is 0 Å². The molecule has 118 valence electrons. The molecule has 1 aromatic carbocycles. The second-order valence-corrected chi connectivity index (χ2v) is 5.87. The second kappa shape index (κ2) is 7.43. The largest absolute Gasteiger partial charge is 0.497 e. The smallest absolute Gasteiger partial charge is 0.131 e. The van der Waals surface area contributed by atoms with Crippen LogP contribution < -0.4 is 10.1 Å². The van der Waals surface area contributed by atoms with Crippen molar-refractivity contribution >= 4 is 12.4 Å². The fraction of sp³-hybridized carbons (Fsp3) is 0.625. The fourth-order valence-corrected chi connectivity index (χ4v) is 3.04. The summed E-state index contributed by atoms with van der Waals surface area (Å²) in [4.78, 5) is 2.43. The molecule has 3 rings (SSSR count). The van der Waals surface area contributed by atoms with Crippen LogP contribution >= 0.6 is 12.4 Å². The minimum Gasteiger partial charge on any atom is -0.497 e. The van der Waals surface area contributed by atoms with E-state index in [4.69, 9.17) is 4.74 Å². The highest BCUT2D eigenvalue weighted by molar-refractivity contribution is 5.85. The molecule has 3 nitrogen and oxygen atoms in total. The molecule has 0 unspecified atom stereocenters. The van der Waals surface area contributed by atoms with E-state index >= 15 is 0 Å². The van der Waals surface area contributed by atoms with Crippen LogP contribution in [-0.4, -0.2) is 38.2 Å². The van der Waals surface area contributed by atoms with E-state index in [1.54, 1.807) is 7.11 Å². The Kier molecular flexibility index (Phi) is 5.85. The zero-order valence-electron chi connectivity index (χ0n) is 12.5. The third-order valence-electron chi connectivity index (χ3n) is 4.41. The highest BCUT2D eigenvalue weighted by Crippen LogP contribution is 2.41. The van der Waals surface area contributed by atoms with E-state index in [0.29, 0.717) is 5.75 Å². The van der Waals surface area contributed by atoms with Gasteiger partial charge in [-0.1, -0.05) is 18.9 Å². The van der Waals surface area contributed by atoms with Crippen molar-refractivity contribution in [3.63, 3.8) is 0 Å². The Labute approximate surface area is 132 Å². The zero-order chi connectivity index (χ0) is 13.9. The lowest BCUT2D eigenvalue weighted by molar-refractivity contribution is 0.157. The Bertz CT molecular complexity index is 462. The maximum absolute atomic E-state index is 14.4. The van der Waals surface area contributed by atoms with Crippen LogP contribution in [0.3, 0.4) is 0 Å². The Hall–Kier alpha value is -0.840. The highest BCUT2D eigenvalue weighted by atomic mass is 35.5. The Morgan fingerprint density at radius 2 is 2.05 bits per heavy atom. The van der Waals surface area contributed by atoms with E-state index in [-0.39, 0.29) is 24.3 Å². The van der Waals surface area contributed by atoms with Gasteiger partial charge < -0.3 is 10.1 Å². The number of nitrogens with zero attached hydrogens (tertiary/aromatic N) is 1. The third-order valence-corrected chi connectivity index (χ3v) is 4.41. The molecule has 0 bridgehead atoms. The molecule has 1 heterocycles. The van der Waals surface area contributed by atoms with Crippen LogP contribution in [0.25, 0.3) is 0 Å². The number of piperazine rings is 1. The summed E-state index contributed by atoms with van der Waals surface area (Å²) in [7, 11) is 1.58. The number of hydrogen-bond acceptors (Lipinski definition) is 3. The summed E-state index contributed by atoms with van der Waals surface area (Å²) in [6.07, 6.45) is 3.70. The van der Waals surface area contributed by atoms with Crippen molar-refractivity contribution in [3.05, 3.63) is 29.6 Å². The molecule has 21 heavy (non-hydrogen) atoms. The summed E-state index contributed by atoms with van der Waals surface area (Å²) >= 11 is 0. The molecule has 2 fully saturated rings. The molecule has 0 spiro atoms. The van der Waals surface area contributed by atoms with Gasteiger partial charge in [-0.3, -0.25) is 4.90 Å². The maximum atomic E-state index is 14.4. The second-order valence-electron chi connectivity index (χ2n) is 5.87. The molecule has 1 saturated carbocycles. The first-order valence-corrected chi connectivity index (χ1v) is 7.56. The van der Waals surface area contributed by atoms with Crippen LogP contribution in [0.4, 0.5) is 4.39 Å². The van der Waals surface area contributed by atoms with Crippen molar-refractivity contribution in [1.29, 1.82) is 0 Å². The van der Waals surface area contributed by atoms with Crippen molar-refractivity contribution in [2.45, 2.75) is 25.3 Å². The zero-order valence-corrected chi connectivity index (χ0v) is 13.3. The molecule has 1 aliphatic heterocycles. The highest BCUT2D eigenvalue weighted by Gasteiger charge is 2.31. The van der Waals surface area contributed by atoms with Gasteiger partial charge in [-0.15, -0.1) is 12.4 Å². The third kappa shape index (κ3) is 4.09. The number of benzene rings is 1. The number of ether oxygens (including phenoxy) is 1. The average Bonchev–Trinajstić information content (AvgIpc) is 3.30. The molecule has 1 N–H and O–H groups in total. The van der Waals surface area contributed by atoms with Crippen LogP contribution in [0, 0.1) is 11.7 Å². The van der Waals surface area contributed by atoms with Gasteiger partial charge in [0.2, 0.25) is 0 Å². The summed E-state index contributed by atoms with van der Waals surface area (Å²) in [5.41, 5.74) is 0.833. The molecular weight excluding hydrogens is 291 g/mol. The van der Waals surface area contributed by atoms with Crippen molar-refractivity contribution < 1.29 is 9.13 Å². The normalized spacial score (nSPS) is 20.7. The summed E-state index contributed by atoms with van der Waals surface area (Å²) in [5.74, 6) is 1.25. The van der Waals surface area contributed by atoms with E-state index in [9.17, 15) is 4.39 Å². The van der Waals surface area contributed by atoms with Crippen molar-refractivity contribution in [1.82, 2.24) is 10.2 Å². The summed E-state index contributed by atoms with van der Waals surface area (Å²) in [6, 6.07) is 5.51. The quantitative estimate of drug-likeness (QED) is 0.904. The monoisotopic (exact) mass is 314 g/mol. The van der Waals surface area contributed by atoms with E-state index < -0.39 is 0 Å². The molecule has 5 heteroatoms. The topological polar surface area (TPSA) is 24.5 Å². The van der Waals surface area contributed by atoms with Gasteiger partial charge in [0.25, 0.3) is 0 Å². The number of rotatable bonds is 5. The van der Waals surface area contributed by atoms with Gasteiger partial charge in [-0.05, 0) is 18.4 Å². The number of nitrogens with one attached hydrogen (secondary N) is 1. The van der Waals surface area contributed by atoms with E-state index in [1.165, 1.54) is 18.9 Å². The number of hydrogen-bond donors (Lipinski definition) is 1. The van der Waals surface area contributed by atoms with Gasteiger partial charge in [0.05, 0.1) is 7.11 Å². The molecular formula is C16H24ClFN2O. The van der Waals surface area contributed by atoms with Gasteiger partial charge in [0.15, 0.2) is 0 Å². The average molecular weight is 315 g/mol. The van der Waals surface area contributed by atoms with Crippen molar-refractivity contribution in [2.24, 2.45) is 5.92 Å². The SMILES string of the molecule is COc1ccc([C@@H](CC2CC2)N2CCNCC2)c(F)c1.Cl. The minimum absolute atomic E-state index is 0. The molecule has 1 atom stereocenters. The molecule has 1 aromatic rings. The summed E-state index contributed by atoms with van der Waals surface area (Å²) in [6.45, 7) is 4.00. The first kappa shape index (κ1) is 16.5. The molecule has 0 radical (unpaired) electrons. The number of methoxy groups -OCH3 is 1. The van der Waals surface area contributed by atoms with E-state index in [2.05, 4.69) is 10.2 Å². The first-order chi connectivity index (χ1) is 9.78. The van der Waals surface area contributed by atoms with Crippen molar-refractivity contribution in [3.8, 4) is 5.75 Å². The fourth-order valence-electron chi connectivity index (χ4n) is 3.04. The maximum Gasteiger partial charge on any atom is 0.131 e. The number of halogens is 2. The summed E-state index contributed by atoms with van der Waals surface area (Å²) < 4.78 is 19.5. The first-order valence-electron chi connectivity index (χ1n) is 7.56. The molecule has 0 amide bonds. The van der Waals surface area contributed by atoms with Gasteiger partial charge in [0, 0.05) is 43.9 Å². The predicted molar refractivity (Wildman–Crippen MR) is 84.7 cm³/mol. The van der Waals surface area contributed by atoms with E-state index in [1.807, 2.05) is 12.1 Å². The summed E-state index contributed by atoms with van der Waals surface area (Å²) in [5, 5.41) is 3.37. The molecule has 2 aliphatic rings. The van der Waals surface area contributed by atoms with Crippen LogP contribution in [-0.2, 0) is 0 Å². The predicted octanol–water partition coefficient (Wildman–Crippen LogP) is 3.00. The molecule has 0 aromatic heterocycles. The van der Waals surface area contributed by atoms with Crippen LogP contribution in [0.1, 0.15) is 30.9 Å². The Morgan fingerprint density at radius 1 is 1.33 bits per heavy atom. The molecule has 1 saturated heterocycles. The van der Waals surface area contributed by atoms with Crippen LogP contribution in [0.2, 0.25) is 0 Å². The lowest BCUT2D eigenvalue weighted by Crippen LogP contribution is -2.45. The van der Waals surface area contributed by atoms with Crippen LogP contribution in [0.15, 0.2) is 18.2 Å². The van der Waals surface area contributed by atoms with Gasteiger partial charge in [-0.25, -0.2) is 4.39 Å². The Balaban J connectivity index is 0.00000161. The van der Waals surface area contributed by atoms with Crippen LogP contribution in [0.5, 0.6) is 5.75 Å². The van der Waals surface area contributed by atoms with Gasteiger partial charge in [0.1, 0.15) is 11.6 Å². The standard InChI is InChI=1S/C16H23FN2O.ClH/c1-20-13-4-5-14(15(17)11-13)16(10-12-2-3-12)19-8-6-18-7-9-19;/h4-5,11-12,16,18H,2-3,6-10H2,1H3;1H/t16-;/m1./s1. The molecule has 1 aliphatic carbocycles. The lowest BCUT2D eigenvalue weighted by Gasteiger charge is -2.35. The van der Waals surface area contributed by atoms with Gasteiger partial charge in [-0.2, -0.15) is 0 Å². The van der Waals surface area contributed by atoms with E-state index in [0.717, 1.165) is 44.1 Å². The minimum atomic E-state index is -0.131.